The monoisotopic (exact) mass is 190 g/mol. The first kappa shape index (κ1) is 11.8. The molecule has 72 valence electrons. The third kappa shape index (κ3) is 5.43. The molecule has 0 rings (SSSR count). The van der Waals surface area contributed by atoms with Crippen molar-refractivity contribution in [3.05, 3.63) is 0 Å². The molecule has 0 aromatic rings. The molecule has 0 aliphatic heterocycles. The van der Waals surface area contributed by atoms with Crippen molar-refractivity contribution in [2.75, 3.05) is 40.0 Å². The lowest BCUT2D eigenvalue weighted by atomic mass is 10.4. The fourth-order valence-electron chi connectivity index (χ4n) is 0.761. The highest BCUT2D eigenvalue weighted by Crippen LogP contribution is 1.92. The third-order valence-electron chi connectivity index (χ3n) is 1.63. The second kappa shape index (κ2) is 6.31. The zero-order valence-corrected chi connectivity index (χ0v) is 8.97. The van der Waals surface area contributed by atoms with E-state index in [1.165, 1.54) is 0 Å². The number of carbonyl (C=O) groups excluding carboxylic acids is 1. The van der Waals surface area contributed by atoms with Gasteiger partial charge in [-0.15, -0.1) is 0 Å². The van der Waals surface area contributed by atoms with Crippen LogP contribution in [0.5, 0.6) is 0 Å². The van der Waals surface area contributed by atoms with E-state index in [1.807, 2.05) is 21.1 Å². The van der Waals surface area contributed by atoms with Crippen LogP contribution in [0.15, 0.2) is 0 Å². The maximum atomic E-state index is 11.2. The average molecular weight is 190 g/mol. The molecule has 0 N–H and O–H groups in total. The van der Waals surface area contributed by atoms with Gasteiger partial charge in [0, 0.05) is 26.6 Å². The molecule has 0 aliphatic rings. The summed E-state index contributed by atoms with van der Waals surface area (Å²) in [5.41, 5.74) is 0. The molecule has 0 aromatic carbocycles. The smallest absolute Gasteiger partial charge is 0.223 e. The molecule has 0 unspecified atom stereocenters. The molecule has 0 heterocycles. The van der Waals surface area contributed by atoms with Crippen LogP contribution < -0.4 is 0 Å². The molecule has 3 nitrogen and oxygen atoms in total. The summed E-state index contributed by atoms with van der Waals surface area (Å²) < 4.78 is 0. The minimum atomic E-state index is 0.173. The van der Waals surface area contributed by atoms with Crippen LogP contribution in [0.2, 0.25) is 0 Å². The Morgan fingerprint density at radius 3 is 2.25 bits per heavy atom. The highest BCUT2D eigenvalue weighted by Gasteiger charge is 2.06. The summed E-state index contributed by atoms with van der Waals surface area (Å²) >= 11 is 4.01. The molecule has 12 heavy (non-hydrogen) atoms. The van der Waals surface area contributed by atoms with Crippen LogP contribution in [0, 0.1) is 0 Å². The number of thiol groups is 1. The van der Waals surface area contributed by atoms with Gasteiger partial charge in [-0.2, -0.15) is 12.6 Å². The zero-order chi connectivity index (χ0) is 9.56. The topological polar surface area (TPSA) is 23.6 Å². The van der Waals surface area contributed by atoms with Gasteiger partial charge in [-0.05, 0) is 19.8 Å². The van der Waals surface area contributed by atoms with Crippen LogP contribution in [-0.2, 0) is 4.79 Å². The van der Waals surface area contributed by atoms with Gasteiger partial charge in [0.2, 0.25) is 5.91 Å². The highest BCUT2D eigenvalue weighted by atomic mass is 32.1. The summed E-state index contributed by atoms with van der Waals surface area (Å²) in [7, 11) is 5.82. The summed E-state index contributed by atoms with van der Waals surface area (Å²) in [4.78, 5) is 15.0. The van der Waals surface area contributed by atoms with E-state index in [4.69, 9.17) is 0 Å². The van der Waals surface area contributed by atoms with Gasteiger partial charge >= 0.3 is 0 Å². The van der Waals surface area contributed by atoms with Gasteiger partial charge in [0.1, 0.15) is 0 Å². The largest absolute Gasteiger partial charge is 0.344 e. The summed E-state index contributed by atoms with van der Waals surface area (Å²) in [5.74, 6) is 0.803. The van der Waals surface area contributed by atoms with E-state index in [0.717, 1.165) is 13.1 Å². The number of amides is 1. The first-order chi connectivity index (χ1) is 5.57. The van der Waals surface area contributed by atoms with E-state index in [9.17, 15) is 4.79 Å². The van der Waals surface area contributed by atoms with Gasteiger partial charge < -0.3 is 9.80 Å². The van der Waals surface area contributed by atoms with Crippen LogP contribution in [-0.4, -0.2) is 55.7 Å². The van der Waals surface area contributed by atoms with Gasteiger partial charge in [0.25, 0.3) is 0 Å². The van der Waals surface area contributed by atoms with E-state index >= 15 is 0 Å². The van der Waals surface area contributed by atoms with Crippen molar-refractivity contribution in [3.8, 4) is 0 Å². The summed E-state index contributed by atoms with van der Waals surface area (Å²) in [6.45, 7) is 1.70. The normalized spacial score (nSPS) is 10.4. The fraction of sp³-hybridized carbons (Fsp3) is 0.875. The Kier molecular flexibility index (Phi) is 6.20. The summed E-state index contributed by atoms with van der Waals surface area (Å²) in [6, 6.07) is 0. The van der Waals surface area contributed by atoms with Crippen molar-refractivity contribution in [2.24, 2.45) is 0 Å². The summed E-state index contributed by atoms with van der Waals surface area (Å²) in [5, 5.41) is 0. The fourth-order valence-corrected chi connectivity index (χ4v) is 0.952. The molecule has 4 heteroatoms. The second-order valence-electron chi connectivity index (χ2n) is 3.09. The molecule has 0 aromatic heterocycles. The van der Waals surface area contributed by atoms with Crippen molar-refractivity contribution in [1.82, 2.24) is 9.80 Å². The Hall–Kier alpha value is -0.220. The molecule has 0 atom stereocenters. The highest BCUT2D eigenvalue weighted by molar-refractivity contribution is 7.80. The van der Waals surface area contributed by atoms with E-state index in [2.05, 4.69) is 17.5 Å². The Bertz CT molecular complexity index is 139. The van der Waals surface area contributed by atoms with Crippen molar-refractivity contribution in [1.29, 1.82) is 0 Å². The first-order valence-electron chi connectivity index (χ1n) is 4.07. The Morgan fingerprint density at radius 1 is 1.25 bits per heavy atom. The predicted molar refractivity (Wildman–Crippen MR) is 54.7 cm³/mol. The minimum Gasteiger partial charge on any atom is -0.344 e. The second-order valence-corrected chi connectivity index (χ2v) is 3.54. The number of nitrogens with zero attached hydrogens (tertiary/aromatic N) is 2. The number of hydrogen-bond donors (Lipinski definition) is 1. The van der Waals surface area contributed by atoms with Crippen LogP contribution in [0.25, 0.3) is 0 Å². The Balaban J connectivity index is 3.56. The van der Waals surface area contributed by atoms with Gasteiger partial charge in [-0.3, -0.25) is 4.79 Å². The maximum absolute atomic E-state index is 11.2. The predicted octanol–water partition coefficient (Wildman–Crippen LogP) is 0.326. The lowest BCUT2D eigenvalue weighted by molar-refractivity contribution is -0.129. The lowest BCUT2D eigenvalue weighted by Gasteiger charge is -2.19. The number of likely N-dealkylation sites (N-methyl/N-ethyl adjacent to an activating group) is 2. The molecule has 0 radical (unpaired) electrons. The van der Waals surface area contributed by atoms with E-state index in [-0.39, 0.29) is 5.91 Å². The number of hydrogen-bond acceptors (Lipinski definition) is 3. The number of rotatable bonds is 5. The SMILES string of the molecule is CN(C)CCN(C)C(=O)CCS. The third-order valence-corrected chi connectivity index (χ3v) is 1.86. The van der Waals surface area contributed by atoms with Crippen LogP contribution >= 0.6 is 12.6 Å². The van der Waals surface area contributed by atoms with E-state index in [1.54, 1.807) is 4.90 Å². The molecule has 0 saturated heterocycles. The quantitative estimate of drug-likeness (QED) is 0.631. The molecule has 1 amide bonds. The van der Waals surface area contributed by atoms with Gasteiger partial charge in [0.05, 0.1) is 0 Å². The van der Waals surface area contributed by atoms with Gasteiger partial charge in [-0.25, -0.2) is 0 Å². The Labute approximate surface area is 80.1 Å². The maximum Gasteiger partial charge on any atom is 0.223 e. The van der Waals surface area contributed by atoms with Crippen LogP contribution in [0.1, 0.15) is 6.42 Å². The average Bonchev–Trinajstić information content (AvgIpc) is 2.00. The molecule has 0 fully saturated rings. The molecular formula is C8H18N2OS. The molecule has 0 spiro atoms. The first-order valence-corrected chi connectivity index (χ1v) is 4.70. The Morgan fingerprint density at radius 2 is 1.83 bits per heavy atom. The van der Waals surface area contributed by atoms with Crippen molar-refractivity contribution < 1.29 is 4.79 Å². The van der Waals surface area contributed by atoms with E-state index < -0.39 is 0 Å². The van der Waals surface area contributed by atoms with Gasteiger partial charge in [0.15, 0.2) is 0 Å². The summed E-state index contributed by atoms with van der Waals surface area (Å²) in [6.07, 6.45) is 0.535. The zero-order valence-electron chi connectivity index (χ0n) is 8.08. The number of carbonyl (C=O) groups is 1. The van der Waals surface area contributed by atoms with E-state index in [0.29, 0.717) is 12.2 Å². The molecular weight excluding hydrogens is 172 g/mol. The standard InChI is InChI=1S/C8H18N2OS/c1-9(2)5-6-10(3)8(11)4-7-12/h12H,4-7H2,1-3H3. The minimum absolute atomic E-state index is 0.173. The van der Waals surface area contributed by atoms with Crippen molar-refractivity contribution in [2.45, 2.75) is 6.42 Å². The lowest BCUT2D eigenvalue weighted by Crippen LogP contribution is -2.33. The van der Waals surface area contributed by atoms with Crippen molar-refractivity contribution in [3.63, 3.8) is 0 Å². The van der Waals surface area contributed by atoms with Crippen molar-refractivity contribution >= 4 is 18.5 Å². The molecule has 0 bridgehead atoms. The van der Waals surface area contributed by atoms with Crippen LogP contribution in [0.4, 0.5) is 0 Å². The van der Waals surface area contributed by atoms with Crippen LogP contribution in [0.3, 0.4) is 0 Å². The molecule has 0 saturated carbocycles. The van der Waals surface area contributed by atoms with Gasteiger partial charge in [-0.1, -0.05) is 0 Å². The molecule has 0 aliphatic carbocycles.